The maximum Gasteiger partial charge on any atom is 0.243 e. The lowest BCUT2D eigenvalue weighted by molar-refractivity contribution is 0.323. The Morgan fingerprint density at radius 3 is 2.52 bits per heavy atom. The summed E-state index contributed by atoms with van der Waals surface area (Å²) in [5.41, 5.74) is 1.95. The molecule has 9 heteroatoms. The van der Waals surface area contributed by atoms with Gasteiger partial charge in [-0.25, -0.2) is 23.1 Å². The Kier molecular flexibility index (Phi) is 5.07. The van der Waals surface area contributed by atoms with Gasteiger partial charge in [-0.1, -0.05) is 11.6 Å². The van der Waals surface area contributed by atoms with Crippen molar-refractivity contribution in [2.45, 2.75) is 50.1 Å². The molecule has 0 bridgehead atoms. The number of nitrogens with one attached hydrogen (secondary N) is 1. The first-order valence-corrected chi connectivity index (χ1v) is 11.3. The van der Waals surface area contributed by atoms with Crippen LogP contribution in [0.3, 0.4) is 0 Å². The largest absolute Gasteiger partial charge is 0.334 e. The molecule has 1 aromatic carbocycles. The normalized spacial score (nSPS) is 14.9. The molecule has 3 aromatic rings. The van der Waals surface area contributed by atoms with Crippen LogP contribution in [0.2, 0.25) is 5.02 Å². The maximum absolute atomic E-state index is 12.4. The fourth-order valence-corrected chi connectivity index (χ4v) is 4.90. The summed E-state index contributed by atoms with van der Waals surface area (Å²) in [5.74, 6) is 0.323. The number of hydrogen-bond donors (Lipinski definition) is 1. The Balaban J connectivity index is 1.89. The molecular formula is C20H20ClN5O2S. The number of fused-ring (bicyclic) bond motifs is 1. The molecule has 1 fully saturated rings. The number of rotatable bonds is 5. The number of sulfonamides is 1. The molecule has 150 valence electrons. The summed E-state index contributed by atoms with van der Waals surface area (Å²) >= 11 is 6.22. The molecule has 1 N–H and O–H groups in total. The van der Waals surface area contributed by atoms with Crippen molar-refractivity contribution < 1.29 is 8.42 Å². The summed E-state index contributed by atoms with van der Waals surface area (Å²) in [4.78, 5) is 8.62. The number of nitrogens with zero attached hydrogens (tertiary/aromatic N) is 4. The monoisotopic (exact) mass is 429 g/mol. The van der Waals surface area contributed by atoms with Gasteiger partial charge in [-0.2, -0.15) is 5.26 Å². The first kappa shape index (κ1) is 19.8. The van der Waals surface area contributed by atoms with Crippen molar-refractivity contribution in [3.05, 3.63) is 41.2 Å². The van der Waals surface area contributed by atoms with Crippen molar-refractivity contribution in [2.24, 2.45) is 0 Å². The van der Waals surface area contributed by atoms with E-state index in [4.69, 9.17) is 11.6 Å². The molecule has 1 aliphatic rings. The predicted octanol–water partition coefficient (Wildman–Crippen LogP) is 4.04. The van der Waals surface area contributed by atoms with Crippen LogP contribution in [0.1, 0.15) is 44.7 Å². The number of halogens is 1. The second kappa shape index (κ2) is 7.41. The van der Waals surface area contributed by atoms with Gasteiger partial charge >= 0.3 is 0 Å². The topological polar surface area (TPSA) is 101 Å². The SMILES string of the molecule is CC(C)NS(=O)(=O)c1cnc(-c2c(C#N)c3ccc(Cl)cc3n2C2CCC2)nc1. The summed E-state index contributed by atoms with van der Waals surface area (Å²) in [6, 6.07) is 7.72. The molecular weight excluding hydrogens is 410 g/mol. The van der Waals surface area contributed by atoms with E-state index in [0.29, 0.717) is 22.1 Å². The number of nitriles is 1. The lowest BCUT2D eigenvalue weighted by Crippen LogP contribution is -2.30. The highest BCUT2D eigenvalue weighted by atomic mass is 35.5. The van der Waals surface area contributed by atoms with Crippen LogP contribution in [0.15, 0.2) is 35.5 Å². The van der Waals surface area contributed by atoms with Crippen LogP contribution in [0, 0.1) is 11.3 Å². The molecule has 1 aliphatic carbocycles. The molecule has 2 heterocycles. The highest BCUT2D eigenvalue weighted by Gasteiger charge is 2.29. The summed E-state index contributed by atoms with van der Waals surface area (Å²) in [7, 11) is -3.69. The van der Waals surface area contributed by atoms with E-state index in [9.17, 15) is 13.7 Å². The van der Waals surface area contributed by atoms with Crippen LogP contribution >= 0.6 is 11.6 Å². The molecule has 0 aliphatic heterocycles. The third-order valence-corrected chi connectivity index (χ3v) is 6.91. The van der Waals surface area contributed by atoms with Gasteiger partial charge in [0.05, 0.1) is 23.5 Å². The van der Waals surface area contributed by atoms with Gasteiger partial charge in [0.15, 0.2) is 5.82 Å². The summed E-state index contributed by atoms with van der Waals surface area (Å²) in [5, 5.41) is 11.2. The molecule has 0 saturated heterocycles. The lowest BCUT2D eigenvalue weighted by atomic mass is 9.92. The highest BCUT2D eigenvalue weighted by Crippen LogP contribution is 2.42. The summed E-state index contributed by atoms with van der Waals surface area (Å²) in [6.07, 6.45) is 5.68. The number of aromatic nitrogens is 3. The minimum absolute atomic E-state index is 0.0113. The Hall–Kier alpha value is -2.47. The molecule has 0 spiro atoms. The van der Waals surface area contributed by atoms with Crippen LogP contribution < -0.4 is 4.72 Å². The Morgan fingerprint density at radius 2 is 1.97 bits per heavy atom. The zero-order valence-corrected chi connectivity index (χ0v) is 17.6. The van der Waals surface area contributed by atoms with E-state index < -0.39 is 10.0 Å². The van der Waals surface area contributed by atoms with Crippen LogP contribution in [-0.2, 0) is 10.0 Å². The second-order valence-corrected chi connectivity index (χ2v) is 9.62. The van der Waals surface area contributed by atoms with Crippen molar-refractivity contribution in [1.29, 1.82) is 5.26 Å². The van der Waals surface area contributed by atoms with E-state index in [1.165, 1.54) is 12.4 Å². The van der Waals surface area contributed by atoms with E-state index in [1.54, 1.807) is 19.9 Å². The minimum atomic E-state index is -3.69. The van der Waals surface area contributed by atoms with E-state index in [1.807, 2.05) is 12.1 Å². The third kappa shape index (κ3) is 3.50. The van der Waals surface area contributed by atoms with Crippen molar-refractivity contribution >= 4 is 32.5 Å². The molecule has 1 saturated carbocycles. The second-order valence-electron chi connectivity index (χ2n) is 7.47. The van der Waals surface area contributed by atoms with Crippen LogP contribution in [0.25, 0.3) is 22.4 Å². The molecule has 0 unspecified atom stereocenters. The molecule has 0 amide bonds. The van der Waals surface area contributed by atoms with Gasteiger partial charge in [-0.15, -0.1) is 0 Å². The first-order valence-electron chi connectivity index (χ1n) is 9.40. The summed E-state index contributed by atoms with van der Waals surface area (Å²) < 4.78 is 29.3. The van der Waals surface area contributed by atoms with Gasteiger partial charge in [0.2, 0.25) is 10.0 Å². The van der Waals surface area contributed by atoms with Crippen molar-refractivity contribution in [2.75, 3.05) is 0 Å². The average molecular weight is 430 g/mol. The van der Waals surface area contributed by atoms with E-state index in [0.717, 1.165) is 30.2 Å². The molecule has 7 nitrogen and oxygen atoms in total. The van der Waals surface area contributed by atoms with Crippen molar-refractivity contribution in [3.63, 3.8) is 0 Å². The highest BCUT2D eigenvalue weighted by molar-refractivity contribution is 7.89. The first-order chi connectivity index (χ1) is 13.8. The molecule has 4 rings (SSSR count). The average Bonchev–Trinajstić information content (AvgIpc) is 2.93. The lowest BCUT2D eigenvalue weighted by Gasteiger charge is -2.29. The third-order valence-electron chi connectivity index (χ3n) is 5.06. The molecule has 2 aromatic heterocycles. The van der Waals surface area contributed by atoms with E-state index in [2.05, 4.69) is 25.3 Å². The van der Waals surface area contributed by atoms with Crippen LogP contribution in [0.4, 0.5) is 0 Å². The fourth-order valence-electron chi connectivity index (χ4n) is 3.60. The van der Waals surface area contributed by atoms with Crippen molar-refractivity contribution in [1.82, 2.24) is 19.3 Å². The summed E-state index contributed by atoms with van der Waals surface area (Å²) in [6.45, 7) is 3.49. The van der Waals surface area contributed by atoms with E-state index in [-0.39, 0.29) is 17.0 Å². The zero-order chi connectivity index (χ0) is 20.8. The Morgan fingerprint density at radius 1 is 1.28 bits per heavy atom. The van der Waals surface area contributed by atoms with Gasteiger partial charge < -0.3 is 4.57 Å². The standard InChI is InChI=1S/C20H20ClN5O2S/c1-12(2)25-29(27,28)15-10-23-20(24-11-15)19-17(9-22)16-7-6-13(21)8-18(16)26(19)14-4-3-5-14/h6-8,10-12,14,25H,3-5H2,1-2H3. The van der Waals surface area contributed by atoms with Gasteiger partial charge in [-0.05, 0) is 51.3 Å². The van der Waals surface area contributed by atoms with Crippen molar-refractivity contribution in [3.8, 4) is 17.6 Å². The van der Waals surface area contributed by atoms with E-state index >= 15 is 0 Å². The van der Waals surface area contributed by atoms with Gasteiger partial charge in [0.25, 0.3) is 0 Å². The number of hydrogen-bond acceptors (Lipinski definition) is 5. The molecule has 0 radical (unpaired) electrons. The Labute approximate surface area is 174 Å². The number of benzene rings is 1. The molecule has 0 atom stereocenters. The van der Waals surface area contributed by atoms with Crippen LogP contribution in [-0.4, -0.2) is 29.0 Å². The molecule has 29 heavy (non-hydrogen) atoms. The van der Waals surface area contributed by atoms with Gasteiger partial charge in [-0.3, -0.25) is 0 Å². The Bertz CT molecular complexity index is 1220. The zero-order valence-electron chi connectivity index (χ0n) is 16.1. The smallest absolute Gasteiger partial charge is 0.243 e. The quantitative estimate of drug-likeness (QED) is 0.659. The van der Waals surface area contributed by atoms with Gasteiger partial charge in [0, 0.05) is 22.5 Å². The van der Waals surface area contributed by atoms with Gasteiger partial charge in [0.1, 0.15) is 16.7 Å². The fraction of sp³-hybridized carbons (Fsp3) is 0.350. The van der Waals surface area contributed by atoms with Crippen LogP contribution in [0.5, 0.6) is 0 Å². The minimum Gasteiger partial charge on any atom is -0.334 e. The predicted molar refractivity (Wildman–Crippen MR) is 111 cm³/mol. The maximum atomic E-state index is 12.4.